The van der Waals surface area contributed by atoms with Gasteiger partial charge in [0, 0.05) is 18.9 Å². The van der Waals surface area contributed by atoms with E-state index in [0.717, 1.165) is 12.0 Å². The molecule has 0 amide bonds. The number of hydrogen-bond donors (Lipinski definition) is 1. The first kappa shape index (κ1) is 12.9. The molecule has 0 radical (unpaired) electrons. The van der Waals surface area contributed by atoms with Crippen molar-refractivity contribution in [1.29, 1.82) is 0 Å². The molecule has 0 aromatic heterocycles. The minimum Gasteiger partial charge on any atom is -0.324 e. The van der Waals surface area contributed by atoms with E-state index in [9.17, 15) is 4.79 Å². The molecule has 1 atom stereocenters. The average molecular weight is 219 g/mol. The van der Waals surface area contributed by atoms with Crippen LogP contribution in [0.4, 0.5) is 0 Å². The lowest BCUT2D eigenvalue weighted by Gasteiger charge is -2.11. The number of carbonyl (C=O) groups excluding carboxylic acids is 1. The number of ketones is 1. The van der Waals surface area contributed by atoms with Crippen molar-refractivity contribution < 1.29 is 4.79 Å². The fraction of sp³-hybridized carbons (Fsp3) is 0.500. The summed E-state index contributed by atoms with van der Waals surface area (Å²) in [4.78, 5) is 11.7. The Kier molecular flexibility index (Phi) is 5.20. The van der Waals surface area contributed by atoms with E-state index >= 15 is 0 Å². The van der Waals surface area contributed by atoms with E-state index in [4.69, 9.17) is 5.73 Å². The van der Waals surface area contributed by atoms with Gasteiger partial charge < -0.3 is 5.73 Å². The van der Waals surface area contributed by atoms with Crippen LogP contribution in [0.2, 0.25) is 0 Å². The van der Waals surface area contributed by atoms with Gasteiger partial charge in [0.1, 0.15) is 5.78 Å². The predicted molar refractivity (Wildman–Crippen MR) is 67.1 cm³/mol. The van der Waals surface area contributed by atoms with Crippen LogP contribution in [0.15, 0.2) is 30.3 Å². The lowest BCUT2D eigenvalue weighted by atomic mass is 9.98. The van der Waals surface area contributed by atoms with Gasteiger partial charge >= 0.3 is 0 Å². The van der Waals surface area contributed by atoms with E-state index in [0.29, 0.717) is 18.8 Å². The predicted octanol–water partition coefficient (Wildman–Crippen LogP) is 3.08. The highest BCUT2D eigenvalue weighted by molar-refractivity contribution is 5.79. The van der Waals surface area contributed by atoms with Crippen LogP contribution in [0, 0.1) is 5.92 Å². The zero-order valence-electron chi connectivity index (χ0n) is 10.1. The third-order valence-electron chi connectivity index (χ3n) is 2.68. The number of Topliss-reactive ketones (excluding diaryl/α,β-unsaturated/α-hetero) is 1. The first-order chi connectivity index (χ1) is 7.59. The second-order valence-electron chi connectivity index (χ2n) is 4.69. The fourth-order valence-corrected chi connectivity index (χ4v) is 1.62. The van der Waals surface area contributed by atoms with Gasteiger partial charge in [-0.05, 0) is 17.9 Å². The Labute approximate surface area is 97.9 Å². The van der Waals surface area contributed by atoms with Gasteiger partial charge in [0.2, 0.25) is 0 Å². The summed E-state index contributed by atoms with van der Waals surface area (Å²) in [6.07, 6.45) is 2.06. The normalized spacial score (nSPS) is 12.8. The van der Waals surface area contributed by atoms with Crippen molar-refractivity contribution >= 4 is 5.78 Å². The maximum atomic E-state index is 11.7. The van der Waals surface area contributed by atoms with Crippen LogP contribution < -0.4 is 5.73 Å². The molecule has 2 heteroatoms. The molecule has 0 aliphatic carbocycles. The number of hydrogen-bond acceptors (Lipinski definition) is 2. The van der Waals surface area contributed by atoms with Crippen molar-refractivity contribution in [2.75, 3.05) is 0 Å². The molecule has 0 spiro atoms. The molecule has 0 aliphatic rings. The topological polar surface area (TPSA) is 43.1 Å². The number of benzene rings is 1. The average Bonchev–Trinajstić information content (AvgIpc) is 2.27. The molecular formula is C14H21NO. The van der Waals surface area contributed by atoms with Crippen molar-refractivity contribution in [2.24, 2.45) is 11.7 Å². The third-order valence-corrected chi connectivity index (χ3v) is 2.68. The summed E-state index contributed by atoms with van der Waals surface area (Å²) in [6.45, 7) is 4.26. The van der Waals surface area contributed by atoms with Crippen molar-refractivity contribution in [3.63, 3.8) is 0 Å². The summed E-state index contributed by atoms with van der Waals surface area (Å²) in [5, 5.41) is 0. The van der Waals surface area contributed by atoms with E-state index in [1.165, 1.54) is 0 Å². The molecule has 0 bridgehead atoms. The molecule has 16 heavy (non-hydrogen) atoms. The van der Waals surface area contributed by atoms with Crippen LogP contribution in [0.5, 0.6) is 0 Å². The number of nitrogens with two attached hydrogens (primary N) is 1. The van der Waals surface area contributed by atoms with Crippen molar-refractivity contribution in [3.05, 3.63) is 35.9 Å². The Morgan fingerprint density at radius 1 is 1.25 bits per heavy atom. The molecule has 1 rings (SSSR count). The van der Waals surface area contributed by atoms with E-state index in [2.05, 4.69) is 13.8 Å². The quantitative estimate of drug-likeness (QED) is 0.799. The van der Waals surface area contributed by atoms with Crippen molar-refractivity contribution in [2.45, 2.75) is 39.2 Å². The Hall–Kier alpha value is -1.15. The summed E-state index contributed by atoms with van der Waals surface area (Å²) in [5.41, 5.74) is 7.02. The largest absolute Gasteiger partial charge is 0.324 e. The first-order valence-electron chi connectivity index (χ1n) is 5.92. The lowest BCUT2D eigenvalue weighted by molar-refractivity contribution is -0.119. The van der Waals surface area contributed by atoms with Gasteiger partial charge in [-0.1, -0.05) is 44.2 Å². The minimum absolute atomic E-state index is 0.152. The van der Waals surface area contributed by atoms with Crippen LogP contribution in [0.3, 0.4) is 0 Å². The molecule has 0 fully saturated rings. The summed E-state index contributed by atoms with van der Waals surface area (Å²) >= 11 is 0. The maximum Gasteiger partial charge on any atom is 0.134 e. The van der Waals surface area contributed by atoms with Crippen LogP contribution in [-0.4, -0.2) is 5.78 Å². The van der Waals surface area contributed by atoms with Gasteiger partial charge in [0.05, 0.1) is 0 Å². The van der Waals surface area contributed by atoms with Gasteiger partial charge in [0.25, 0.3) is 0 Å². The molecule has 0 heterocycles. The Balaban J connectivity index is 2.40. The van der Waals surface area contributed by atoms with Crippen molar-refractivity contribution in [1.82, 2.24) is 0 Å². The summed E-state index contributed by atoms with van der Waals surface area (Å²) in [5.74, 6) is 0.849. The summed E-state index contributed by atoms with van der Waals surface area (Å²) < 4.78 is 0. The minimum atomic E-state index is -0.152. The molecule has 88 valence electrons. The Morgan fingerprint density at radius 3 is 2.44 bits per heavy atom. The fourth-order valence-electron chi connectivity index (χ4n) is 1.62. The molecule has 1 unspecified atom stereocenters. The highest BCUT2D eigenvalue weighted by Crippen LogP contribution is 2.15. The molecule has 0 saturated carbocycles. The van der Waals surface area contributed by atoms with Gasteiger partial charge in [-0.15, -0.1) is 0 Å². The Morgan fingerprint density at radius 2 is 1.88 bits per heavy atom. The lowest BCUT2D eigenvalue weighted by Crippen LogP contribution is -2.15. The Bertz CT molecular complexity index is 319. The second kappa shape index (κ2) is 6.44. The molecule has 1 aromatic rings. The molecule has 2 nitrogen and oxygen atoms in total. The zero-order valence-corrected chi connectivity index (χ0v) is 10.1. The highest BCUT2D eigenvalue weighted by Gasteiger charge is 2.11. The third kappa shape index (κ3) is 4.58. The monoisotopic (exact) mass is 219 g/mol. The molecule has 1 aromatic carbocycles. The molecule has 0 aliphatic heterocycles. The number of rotatable bonds is 6. The highest BCUT2D eigenvalue weighted by atomic mass is 16.1. The van der Waals surface area contributed by atoms with Crippen LogP contribution >= 0.6 is 0 Å². The van der Waals surface area contributed by atoms with E-state index in [1.807, 2.05) is 30.3 Å². The van der Waals surface area contributed by atoms with Crippen LogP contribution in [-0.2, 0) is 4.79 Å². The van der Waals surface area contributed by atoms with Gasteiger partial charge in [-0.25, -0.2) is 0 Å². The van der Waals surface area contributed by atoms with E-state index < -0.39 is 0 Å². The summed E-state index contributed by atoms with van der Waals surface area (Å²) in [7, 11) is 0. The summed E-state index contributed by atoms with van der Waals surface area (Å²) in [6, 6.07) is 9.65. The van der Waals surface area contributed by atoms with Crippen LogP contribution in [0.1, 0.15) is 44.7 Å². The van der Waals surface area contributed by atoms with Gasteiger partial charge in [-0.3, -0.25) is 4.79 Å². The molecule has 2 N–H and O–H groups in total. The standard InChI is InChI=1S/C14H21NO/c1-11(2)8-9-13(16)10-14(15)12-6-4-3-5-7-12/h3-7,11,14H,8-10,15H2,1-2H3. The molecule has 0 saturated heterocycles. The van der Waals surface area contributed by atoms with E-state index in [1.54, 1.807) is 0 Å². The SMILES string of the molecule is CC(C)CCC(=O)CC(N)c1ccccc1. The van der Waals surface area contributed by atoms with Crippen LogP contribution in [0.25, 0.3) is 0 Å². The maximum absolute atomic E-state index is 11.7. The smallest absolute Gasteiger partial charge is 0.134 e. The molecular weight excluding hydrogens is 198 g/mol. The van der Waals surface area contributed by atoms with Gasteiger partial charge in [-0.2, -0.15) is 0 Å². The van der Waals surface area contributed by atoms with E-state index in [-0.39, 0.29) is 11.8 Å². The zero-order chi connectivity index (χ0) is 12.0. The van der Waals surface area contributed by atoms with Crippen molar-refractivity contribution in [3.8, 4) is 0 Å². The first-order valence-corrected chi connectivity index (χ1v) is 5.92. The number of carbonyl (C=O) groups is 1. The second-order valence-corrected chi connectivity index (χ2v) is 4.69. The van der Waals surface area contributed by atoms with Gasteiger partial charge in [0.15, 0.2) is 0 Å².